The van der Waals surface area contributed by atoms with E-state index < -0.39 is 17.0 Å². The van der Waals surface area contributed by atoms with Crippen LogP contribution in [0.4, 0.5) is 8.78 Å². The van der Waals surface area contributed by atoms with Crippen molar-refractivity contribution in [2.75, 3.05) is 7.11 Å². The number of ether oxygens (including phenoxy) is 1. The van der Waals surface area contributed by atoms with Gasteiger partial charge in [0.05, 0.1) is 17.5 Å². The standard InChI is InChI=1S/C14H10Cl2F2O/c1-19-12-6-5-8(7-11(12)18)13(15)9-3-2-4-10(17)14(9)16/h2-7,13H,1H3. The molecule has 0 aliphatic rings. The highest BCUT2D eigenvalue weighted by Crippen LogP contribution is 2.36. The summed E-state index contributed by atoms with van der Waals surface area (Å²) in [7, 11) is 1.37. The summed E-state index contributed by atoms with van der Waals surface area (Å²) in [6.07, 6.45) is 0. The first-order valence-corrected chi connectivity index (χ1v) is 6.27. The van der Waals surface area contributed by atoms with Crippen LogP contribution in [-0.2, 0) is 0 Å². The van der Waals surface area contributed by atoms with E-state index in [9.17, 15) is 8.78 Å². The number of benzene rings is 2. The molecule has 0 aliphatic carbocycles. The second-order valence-electron chi connectivity index (χ2n) is 3.90. The number of hydrogen-bond acceptors (Lipinski definition) is 1. The van der Waals surface area contributed by atoms with Crippen molar-refractivity contribution in [1.82, 2.24) is 0 Å². The van der Waals surface area contributed by atoms with Crippen molar-refractivity contribution in [1.29, 1.82) is 0 Å². The average Bonchev–Trinajstić information content (AvgIpc) is 2.41. The first kappa shape index (κ1) is 14.1. The van der Waals surface area contributed by atoms with E-state index in [0.717, 1.165) is 0 Å². The van der Waals surface area contributed by atoms with Crippen molar-refractivity contribution >= 4 is 23.2 Å². The Morgan fingerprint density at radius 2 is 1.84 bits per heavy atom. The van der Waals surface area contributed by atoms with Gasteiger partial charge in [-0.1, -0.05) is 29.8 Å². The Hall–Kier alpha value is -1.32. The van der Waals surface area contributed by atoms with Gasteiger partial charge in [0.2, 0.25) is 0 Å². The second-order valence-corrected chi connectivity index (χ2v) is 4.71. The smallest absolute Gasteiger partial charge is 0.165 e. The van der Waals surface area contributed by atoms with Crippen LogP contribution in [0, 0.1) is 11.6 Å². The van der Waals surface area contributed by atoms with Crippen LogP contribution in [0.5, 0.6) is 5.75 Å². The van der Waals surface area contributed by atoms with E-state index in [0.29, 0.717) is 11.1 Å². The van der Waals surface area contributed by atoms with Crippen LogP contribution in [0.3, 0.4) is 0 Å². The largest absolute Gasteiger partial charge is 0.494 e. The zero-order valence-corrected chi connectivity index (χ0v) is 11.5. The van der Waals surface area contributed by atoms with Crippen molar-refractivity contribution in [3.63, 3.8) is 0 Å². The van der Waals surface area contributed by atoms with Gasteiger partial charge in [-0.15, -0.1) is 11.6 Å². The van der Waals surface area contributed by atoms with Crippen LogP contribution in [0.15, 0.2) is 36.4 Å². The molecule has 0 aromatic heterocycles. The van der Waals surface area contributed by atoms with Gasteiger partial charge in [0.25, 0.3) is 0 Å². The minimum absolute atomic E-state index is 0.0567. The van der Waals surface area contributed by atoms with E-state index in [4.69, 9.17) is 27.9 Å². The van der Waals surface area contributed by atoms with E-state index in [1.807, 2.05) is 0 Å². The Kier molecular flexibility index (Phi) is 4.27. The van der Waals surface area contributed by atoms with Gasteiger partial charge < -0.3 is 4.74 Å². The quantitative estimate of drug-likeness (QED) is 0.729. The molecule has 100 valence electrons. The Bertz CT molecular complexity index is 602. The minimum Gasteiger partial charge on any atom is -0.494 e. The maximum atomic E-state index is 13.6. The molecule has 0 fully saturated rings. The average molecular weight is 303 g/mol. The molecular formula is C14H10Cl2F2O. The molecule has 0 radical (unpaired) electrons. The number of hydrogen-bond donors (Lipinski definition) is 0. The minimum atomic E-state index is -0.733. The Morgan fingerprint density at radius 1 is 1.11 bits per heavy atom. The molecule has 0 saturated carbocycles. The lowest BCUT2D eigenvalue weighted by molar-refractivity contribution is 0.386. The van der Waals surface area contributed by atoms with Gasteiger partial charge in [-0.25, -0.2) is 8.78 Å². The SMILES string of the molecule is COc1ccc(C(Cl)c2cccc(F)c2Cl)cc1F. The van der Waals surface area contributed by atoms with Crippen LogP contribution in [0.1, 0.15) is 16.5 Å². The lowest BCUT2D eigenvalue weighted by Gasteiger charge is -2.13. The molecule has 0 saturated heterocycles. The van der Waals surface area contributed by atoms with E-state index in [1.165, 1.54) is 31.4 Å². The summed E-state index contributed by atoms with van der Waals surface area (Å²) in [5, 5.41) is -0.790. The molecule has 0 bridgehead atoms. The van der Waals surface area contributed by atoms with E-state index in [1.54, 1.807) is 12.1 Å². The lowest BCUT2D eigenvalue weighted by Crippen LogP contribution is -1.98. The third-order valence-electron chi connectivity index (χ3n) is 2.72. The second kappa shape index (κ2) is 5.76. The predicted octanol–water partition coefficient (Wildman–Crippen LogP) is 4.96. The normalized spacial score (nSPS) is 12.3. The summed E-state index contributed by atoms with van der Waals surface area (Å²) < 4.78 is 31.8. The highest BCUT2D eigenvalue weighted by atomic mass is 35.5. The maximum Gasteiger partial charge on any atom is 0.165 e. The summed E-state index contributed by atoms with van der Waals surface area (Å²) >= 11 is 12.1. The highest BCUT2D eigenvalue weighted by Gasteiger charge is 2.18. The zero-order valence-electron chi connectivity index (χ0n) is 9.96. The van der Waals surface area contributed by atoms with Crippen LogP contribution >= 0.6 is 23.2 Å². The molecule has 0 heterocycles. The fraction of sp³-hybridized carbons (Fsp3) is 0.143. The monoisotopic (exact) mass is 302 g/mol. The molecule has 1 unspecified atom stereocenters. The van der Waals surface area contributed by atoms with Crippen molar-refractivity contribution < 1.29 is 13.5 Å². The van der Waals surface area contributed by atoms with Gasteiger partial charge in [0.1, 0.15) is 5.82 Å². The molecule has 2 aromatic carbocycles. The lowest BCUT2D eigenvalue weighted by atomic mass is 10.0. The molecule has 5 heteroatoms. The number of alkyl halides is 1. The molecule has 0 aliphatic heterocycles. The maximum absolute atomic E-state index is 13.6. The van der Waals surface area contributed by atoms with E-state index in [2.05, 4.69) is 0 Å². The summed E-state index contributed by atoms with van der Waals surface area (Å²) in [6.45, 7) is 0. The van der Waals surface area contributed by atoms with Crippen LogP contribution in [0.25, 0.3) is 0 Å². The van der Waals surface area contributed by atoms with Gasteiger partial charge in [0.15, 0.2) is 11.6 Å². The van der Waals surface area contributed by atoms with Crippen LogP contribution in [0.2, 0.25) is 5.02 Å². The first-order chi connectivity index (χ1) is 9.04. The summed E-state index contributed by atoms with van der Waals surface area (Å²) in [6, 6.07) is 8.67. The summed E-state index contributed by atoms with van der Waals surface area (Å²) in [5.74, 6) is -0.963. The zero-order chi connectivity index (χ0) is 14.0. The molecule has 2 aromatic rings. The summed E-state index contributed by atoms with van der Waals surface area (Å²) in [5.41, 5.74) is 0.875. The molecule has 0 amide bonds. The molecule has 0 spiro atoms. The number of methoxy groups -OCH3 is 1. The number of halogens is 4. The van der Waals surface area contributed by atoms with Crippen LogP contribution < -0.4 is 4.74 Å². The highest BCUT2D eigenvalue weighted by molar-refractivity contribution is 6.33. The molecule has 19 heavy (non-hydrogen) atoms. The molecule has 2 rings (SSSR count). The topological polar surface area (TPSA) is 9.23 Å². The van der Waals surface area contributed by atoms with Crippen molar-refractivity contribution in [2.24, 2.45) is 0 Å². The van der Waals surface area contributed by atoms with Gasteiger partial charge in [-0.2, -0.15) is 0 Å². The van der Waals surface area contributed by atoms with E-state index in [-0.39, 0.29) is 10.8 Å². The van der Waals surface area contributed by atoms with Crippen molar-refractivity contribution in [2.45, 2.75) is 5.38 Å². The Balaban J connectivity index is 2.41. The van der Waals surface area contributed by atoms with Crippen molar-refractivity contribution in [3.8, 4) is 5.75 Å². The Labute approximate surface area is 119 Å². The van der Waals surface area contributed by atoms with E-state index >= 15 is 0 Å². The van der Waals surface area contributed by atoms with Gasteiger partial charge in [-0.3, -0.25) is 0 Å². The molecule has 1 nitrogen and oxygen atoms in total. The van der Waals surface area contributed by atoms with Gasteiger partial charge in [-0.05, 0) is 29.3 Å². The van der Waals surface area contributed by atoms with Crippen LogP contribution in [-0.4, -0.2) is 7.11 Å². The Morgan fingerprint density at radius 3 is 2.47 bits per heavy atom. The third-order valence-corrected chi connectivity index (χ3v) is 3.61. The first-order valence-electron chi connectivity index (χ1n) is 5.46. The predicted molar refractivity (Wildman–Crippen MR) is 72.1 cm³/mol. The molecule has 0 N–H and O–H groups in total. The fourth-order valence-corrected chi connectivity index (χ4v) is 2.34. The number of rotatable bonds is 3. The third kappa shape index (κ3) is 2.82. The van der Waals surface area contributed by atoms with Crippen molar-refractivity contribution in [3.05, 3.63) is 64.2 Å². The van der Waals surface area contributed by atoms with Gasteiger partial charge >= 0.3 is 0 Å². The molecule has 1 atom stereocenters. The van der Waals surface area contributed by atoms with Gasteiger partial charge in [0, 0.05) is 0 Å². The fourth-order valence-electron chi connectivity index (χ4n) is 1.74. The molecular weight excluding hydrogens is 293 g/mol. The summed E-state index contributed by atoms with van der Waals surface area (Å²) in [4.78, 5) is 0.